The van der Waals surface area contributed by atoms with Crippen molar-refractivity contribution < 1.29 is 4.79 Å². The van der Waals surface area contributed by atoms with E-state index in [1.807, 2.05) is 24.3 Å². The number of carbonyl (C=O) groups is 1. The second-order valence-corrected chi connectivity index (χ2v) is 4.65. The lowest BCUT2D eigenvalue weighted by molar-refractivity contribution is -0.109. The third kappa shape index (κ3) is 1.83. The molecule has 0 radical (unpaired) electrons. The largest absolute Gasteiger partial charge is 0.345 e. The molecule has 2 heterocycles. The van der Waals surface area contributed by atoms with E-state index in [1.165, 1.54) is 0 Å². The molecule has 1 fully saturated rings. The molecule has 0 amide bonds. The van der Waals surface area contributed by atoms with Crippen LogP contribution in [0.25, 0.3) is 10.8 Å². The zero-order valence-corrected chi connectivity index (χ0v) is 10.1. The summed E-state index contributed by atoms with van der Waals surface area (Å²) in [5, 5.41) is 10.4. The summed E-state index contributed by atoms with van der Waals surface area (Å²) in [7, 11) is 0. The van der Waals surface area contributed by atoms with E-state index in [1.54, 1.807) is 6.20 Å². The molecule has 1 atom stereocenters. The summed E-state index contributed by atoms with van der Waals surface area (Å²) >= 11 is 0. The van der Waals surface area contributed by atoms with Crippen molar-refractivity contribution in [2.24, 2.45) is 0 Å². The Morgan fingerprint density at radius 2 is 2.17 bits per heavy atom. The van der Waals surface area contributed by atoms with Crippen LogP contribution in [0, 0.1) is 0 Å². The first-order valence-corrected chi connectivity index (χ1v) is 6.32. The topological polar surface area (TPSA) is 46.1 Å². The fraction of sp³-hybridized carbons (Fsp3) is 0.357. The van der Waals surface area contributed by atoms with Gasteiger partial charge in [0, 0.05) is 17.3 Å². The van der Waals surface area contributed by atoms with Gasteiger partial charge in [-0.3, -0.25) is 0 Å². The summed E-state index contributed by atoms with van der Waals surface area (Å²) in [6, 6.07) is 7.98. The van der Waals surface area contributed by atoms with E-state index >= 15 is 0 Å². The molecule has 1 aromatic carbocycles. The smallest absolute Gasteiger partial charge is 0.159 e. The average Bonchev–Trinajstić information content (AvgIpc) is 2.46. The maximum absolute atomic E-state index is 11.2. The first-order valence-electron chi connectivity index (χ1n) is 6.32. The summed E-state index contributed by atoms with van der Waals surface area (Å²) in [5.41, 5.74) is 0. The minimum atomic E-state index is -0.0566. The van der Waals surface area contributed by atoms with Crippen LogP contribution in [-0.4, -0.2) is 29.1 Å². The quantitative estimate of drug-likeness (QED) is 0.756. The Kier molecular flexibility index (Phi) is 2.92. The minimum absolute atomic E-state index is 0.0566. The van der Waals surface area contributed by atoms with Crippen molar-refractivity contribution in [1.82, 2.24) is 10.2 Å². The average molecular weight is 241 g/mol. The number of anilines is 1. The van der Waals surface area contributed by atoms with Crippen LogP contribution in [0.1, 0.15) is 19.3 Å². The molecule has 0 spiro atoms. The van der Waals surface area contributed by atoms with Crippen LogP contribution in [0.4, 0.5) is 5.82 Å². The number of hydrogen-bond acceptors (Lipinski definition) is 4. The Hall–Kier alpha value is -1.97. The van der Waals surface area contributed by atoms with Gasteiger partial charge in [0.1, 0.15) is 6.29 Å². The van der Waals surface area contributed by atoms with Gasteiger partial charge in [-0.1, -0.05) is 24.3 Å². The molecular formula is C14H15N3O. The van der Waals surface area contributed by atoms with Gasteiger partial charge in [0.2, 0.25) is 0 Å². The van der Waals surface area contributed by atoms with Crippen molar-refractivity contribution in [3.63, 3.8) is 0 Å². The lowest BCUT2D eigenvalue weighted by Crippen LogP contribution is -2.41. The molecule has 1 unspecified atom stereocenters. The Morgan fingerprint density at radius 3 is 3.06 bits per heavy atom. The molecule has 92 valence electrons. The summed E-state index contributed by atoms with van der Waals surface area (Å²) in [4.78, 5) is 13.3. The van der Waals surface area contributed by atoms with E-state index in [9.17, 15) is 4.79 Å². The predicted molar refractivity (Wildman–Crippen MR) is 70.6 cm³/mol. The van der Waals surface area contributed by atoms with Gasteiger partial charge in [-0.15, -0.1) is 5.10 Å². The number of piperidine rings is 1. The highest BCUT2D eigenvalue weighted by molar-refractivity contribution is 5.92. The number of fused-ring (bicyclic) bond motifs is 1. The predicted octanol–water partition coefficient (Wildman–Crippen LogP) is 2.19. The number of aromatic nitrogens is 2. The fourth-order valence-electron chi connectivity index (χ4n) is 2.59. The van der Waals surface area contributed by atoms with Crippen LogP contribution in [0.5, 0.6) is 0 Å². The zero-order chi connectivity index (χ0) is 12.4. The number of rotatable bonds is 2. The van der Waals surface area contributed by atoms with E-state index in [0.717, 1.165) is 48.7 Å². The van der Waals surface area contributed by atoms with E-state index in [-0.39, 0.29) is 6.04 Å². The normalized spacial score (nSPS) is 20.0. The lowest BCUT2D eigenvalue weighted by atomic mass is 10.0. The van der Waals surface area contributed by atoms with Gasteiger partial charge in [-0.25, -0.2) is 0 Å². The number of aldehydes is 1. The van der Waals surface area contributed by atoms with E-state index in [0.29, 0.717) is 0 Å². The standard InChI is InChI=1S/C14H15N3O/c18-10-12-6-3-4-8-17(12)14-13-7-2-1-5-11(13)9-15-16-14/h1-2,5,7,9-10,12H,3-4,6,8H2. The van der Waals surface area contributed by atoms with Crippen LogP contribution >= 0.6 is 0 Å². The zero-order valence-electron chi connectivity index (χ0n) is 10.1. The monoisotopic (exact) mass is 241 g/mol. The summed E-state index contributed by atoms with van der Waals surface area (Å²) in [5.74, 6) is 0.838. The molecule has 1 saturated heterocycles. The van der Waals surface area contributed by atoms with Crippen molar-refractivity contribution in [3.05, 3.63) is 30.5 Å². The third-order valence-electron chi connectivity index (χ3n) is 3.53. The van der Waals surface area contributed by atoms with Crippen LogP contribution in [-0.2, 0) is 4.79 Å². The SMILES string of the molecule is O=CC1CCCCN1c1nncc2ccccc12. The number of nitrogens with zero attached hydrogens (tertiary/aromatic N) is 3. The van der Waals surface area contributed by atoms with Crippen molar-refractivity contribution in [2.45, 2.75) is 25.3 Å². The van der Waals surface area contributed by atoms with Crippen molar-refractivity contribution in [3.8, 4) is 0 Å². The Labute approximate surface area is 106 Å². The molecule has 0 saturated carbocycles. The van der Waals surface area contributed by atoms with Crippen molar-refractivity contribution >= 4 is 22.9 Å². The summed E-state index contributed by atoms with van der Waals surface area (Å²) in [6.45, 7) is 0.881. The fourth-order valence-corrected chi connectivity index (χ4v) is 2.59. The highest BCUT2D eigenvalue weighted by Crippen LogP contribution is 2.28. The second-order valence-electron chi connectivity index (χ2n) is 4.65. The van der Waals surface area contributed by atoms with Gasteiger partial charge in [-0.2, -0.15) is 5.10 Å². The molecule has 1 aliphatic heterocycles. The van der Waals surface area contributed by atoms with E-state index in [4.69, 9.17) is 0 Å². The van der Waals surface area contributed by atoms with Gasteiger partial charge in [0.15, 0.2) is 5.82 Å². The first kappa shape index (κ1) is 11.1. The highest BCUT2D eigenvalue weighted by Gasteiger charge is 2.24. The number of carbonyl (C=O) groups excluding carboxylic acids is 1. The molecule has 18 heavy (non-hydrogen) atoms. The molecule has 2 aromatic rings. The van der Waals surface area contributed by atoms with E-state index < -0.39 is 0 Å². The van der Waals surface area contributed by atoms with Gasteiger partial charge in [0.25, 0.3) is 0 Å². The highest BCUT2D eigenvalue weighted by atomic mass is 16.1. The van der Waals surface area contributed by atoms with Crippen molar-refractivity contribution in [1.29, 1.82) is 0 Å². The second kappa shape index (κ2) is 4.72. The van der Waals surface area contributed by atoms with Crippen LogP contribution in [0.3, 0.4) is 0 Å². The van der Waals surface area contributed by atoms with Gasteiger partial charge in [0.05, 0.1) is 12.2 Å². The van der Waals surface area contributed by atoms with Crippen LogP contribution < -0.4 is 4.90 Å². The van der Waals surface area contributed by atoms with Crippen LogP contribution in [0.2, 0.25) is 0 Å². The first-order chi connectivity index (χ1) is 8.90. The Morgan fingerprint density at radius 1 is 1.28 bits per heavy atom. The number of hydrogen-bond donors (Lipinski definition) is 0. The van der Waals surface area contributed by atoms with Crippen molar-refractivity contribution in [2.75, 3.05) is 11.4 Å². The molecule has 0 aliphatic carbocycles. The molecule has 1 aliphatic rings. The van der Waals surface area contributed by atoms with Gasteiger partial charge in [-0.05, 0) is 19.3 Å². The van der Waals surface area contributed by atoms with Gasteiger partial charge < -0.3 is 9.69 Å². The van der Waals surface area contributed by atoms with Crippen LogP contribution in [0.15, 0.2) is 30.5 Å². The third-order valence-corrected chi connectivity index (χ3v) is 3.53. The lowest BCUT2D eigenvalue weighted by Gasteiger charge is -2.33. The molecule has 4 heteroatoms. The maximum atomic E-state index is 11.2. The molecule has 0 N–H and O–H groups in total. The Balaban J connectivity index is 2.10. The summed E-state index contributed by atoms with van der Waals surface area (Å²) in [6.07, 6.45) is 5.92. The van der Waals surface area contributed by atoms with Gasteiger partial charge >= 0.3 is 0 Å². The Bertz CT molecular complexity index is 564. The maximum Gasteiger partial charge on any atom is 0.159 e. The number of benzene rings is 1. The molecule has 4 nitrogen and oxygen atoms in total. The minimum Gasteiger partial charge on any atom is -0.345 e. The molecule has 3 rings (SSSR count). The van der Waals surface area contributed by atoms with E-state index in [2.05, 4.69) is 15.1 Å². The molecule has 1 aromatic heterocycles. The summed E-state index contributed by atoms with van der Waals surface area (Å²) < 4.78 is 0. The molecule has 0 bridgehead atoms. The molecular weight excluding hydrogens is 226 g/mol.